The maximum Gasteiger partial charge on any atom is 0.164 e. The van der Waals surface area contributed by atoms with Crippen LogP contribution in [0.15, 0.2) is 18.2 Å². The Labute approximate surface area is 140 Å². The minimum absolute atomic E-state index is 0. The summed E-state index contributed by atoms with van der Waals surface area (Å²) in [6.07, 6.45) is 2.37. The van der Waals surface area contributed by atoms with Crippen LogP contribution in [0.1, 0.15) is 43.5 Å². The van der Waals surface area contributed by atoms with Crippen molar-refractivity contribution in [3.05, 3.63) is 23.8 Å². The van der Waals surface area contributed by atoms with E-state index in [0.29, 0.717) is 30.9 Å². The topological polar surface area (TPSA) is 38.8 Å². The van der Waals surface area contributed by atoms with Crippen LogP contribution in [-0.2, 0) is 0 Å². The van der Waals surface area contributed by atoms with Crippen LogP contribution in [0.5, 0.6) is 11.5 Å². The number of hydrogen-bond donors (Lipinski definition) is 0. The summed E-state index contributed by atoms with van der Waals surface area (Å²) in [6, 6.07) is 5.46. The molecule has 0 N–H and O–H groups in total. The number of nitrogens with zero attached hydrogens (tertiary/aromatic N) is 1. The zero-order valence-electron chi connectivity index (χ0n) is 14.0. The van der Waals surface area contributed by atoms with Gasteiger partial charge < -0.3 is 26.8 Å². The number of ether oxygens (including phenoxy) is 2. The number of ketones is 1. The predicted molar refractivity (Wildman–Crippen MR) is 85.5 cm³/mol. The molecule has 0 amide bonds. The average Bonchev–Trinajstić information content (AvgIpc) is 2.48. The van der Waals surface area contributed by atoms with E-state index >= 15 is 0 Å². The molecule has 5 heteroatoms. The van der Waals surface area contributed by atoms with Crippen molar-refractivity contribution in [3.63, 3.8) is 0 Å². The average molecular weight is 329 g/mol. The molecule has 0 saturated heterocycles. The number of halogens is 1. The zero-order valence-corrected chi connectivity index (χ0v) is 14.8. The van der Waals surface area contributed by atoms with Gasteiger partial charge in [-0.2, -0.15) is 0 Å². The molecule has 0 aliphatic carbocycles. The van der Waals surface area contributed by atoms with E-state index in [1.165, 1.54) is 0 Å². The second-order valence-corrected chi connectivity index (χ2v) is 5.33. The van der Waals surface area contributed by atoms with Crippen molar-refractivity contribution in [3.8, 4) is 11.5 Å². The fourth-order valence-electron chi connectivity index (χ4n) is 1.81. The molecule has 22 heavy (non-hydrogen) atoms. The lowest BCUT2D eigenvalue weighted by Gasteiger charge is -2.14. The Morgan fingerprint density at radius 2 is 1.64 bits per heavy atom. The zero-order chi connectivity index (χ0) is 15.7. The number of carbonyl (C=O) groups excluding carboxylic acids is 1. The van der Waals surface area contributed by atoms with Crippen LogP contribution in [0.25, 0.3) is 0 Å². The van der Waals surface area contributed by atoms with E-state index in [-0.39, 0.29) is 18.2 Å². The summed E-state index contributed by atoms with van der Waals surface area (Å²) < 4.78 is 11.4. The van der Waals surface area contributed by atoms with Gasteiger partial charge in [-0.15, -0.1) is 0 Å². The number of hydrogen-bond acceptors (Lipinski definition) is 4. The van der Waals surface area contributed by atoms with Gasteiger partial charge in [-0.25, -0.2) is 0 Å². The fraction of sp³-hybridized carbons (Fsp3) is 0.588. The number of rotatable bonds is 10. The highest BCUT2D eigenvalue weighted by Crippen LogP contribution is 2.29. The van der Waals surface area contributed by atoms with E-state index < -0.39 is 0 Å². The Hall–Kier alpha value is -1.26. The van der Waals surface area contributed by atoms with Crippen LogP contribution >= 0.6 is 0 Å². The minimum Gasteiger partial charge on any atom is -1.00 e. The van der Waals surface area contributed by atoms with E-state index in [4.69, 9.17) is 9.47 Å². The van der Waals surface area contributed by atoms with Crippen molar-refractivity contribution < 1.29 is 26.7 Å². The SMILES string of the molecule is CCCOc1ccc(C(=O)CCN(C)C)cc1OCCC.[Cl-]. The van der Waals surface area contributed by atoms with Gasteiger partial charge in [0.05, 0.1) is 13.2 Å². The van der Waals surface area contributed by atoms with Crippen molar-refractivity contribution >= 4 is 5.78 Å². The molecule has 0 heterocycles. The third kappa shape index (κ3) is 7.14. The lowest BCUT2D eigenvalue weighted by molar-refractivity contribution is -0.0000132. The van der Waals surface area contributed by atoms with E-state index in [0.717, 1.165) is 25.1 Å². The third-order valence-electron chi connectivity index (χ3n) is 2.98. The number of carbonyl (C=O) groups is 1. The van der Waals surface area contributed by atoms with Crippen molar-refractivity contribution in [2.24, 2.45) is 0 Å². The van der Waals surface area contributed by atoms with Gasteiger partial charge in [0.1, 0.15) is 0 Å². The maximum atomic E-state index is 12.2. The quantitative estimate of drug-likeness (QED) is 0.583. The van der Waals surface area contributed by atoms with E-state index in [9.17, 15) is 4.79 Å². The van der Waals surface area contributed by atoms with Gasteiger partial charge in [-0.1, -0.05) is 13.8 Å². The van der Waals surface area contributed by atoms with Crippen LogP contribution in [0.3, 0.4) is 0 Å². The third-order valence-corrected chi connectivity index (χ3v) is 2.98. The Morgan fingerprint density at radius 3 is 2.18 bits per heavy atom. The molecule has 0 fully saturated rings. The maximum absolute atomic E-state index is 12.2. The van der Waals surface area contributed by atoms with Crippen LogP contribution in [0, 0.1) is 0 Å². The Kier molecular flexibility index (Phi) is 10.7. The van der Waals surface area contributed by atoms with Crippen molar-refractivity contribution in [2.45, 2.75) is 33.1 Å². The predicted octanol–water partition coefficient (Wildman–Crippen LogP) is 0.403. The molecule has 0 saturated carbocycles. The van der Waals surface area contributed by atoms with Gasteiger partial charge in [0.2, 0.25) is 0 Å². The molecule has 1 rings (SSSR count). The highest BCUT2D eigenvalue weighted by Gasteiger charge is 2.12. The molecule has 0 aliphatic rings. The van der Waals surface area contributed by atoms with Gasteiger partial charge in [0.25, 0.3) is 0 Å². The number of Topliss-reactive ketones (excluding diaryl/α,β-unsaturated/α-hetero) is 1. The first-order chi connectivity index (χ1) is 10.1. The highest BCUT2D eigenvalue weighted by atomic mass is 35.5. The van der Waals surface area contributed by atoms with E-state index in [2.05, 4.69) is 13.8 Å². The molecule has 0 atom stereocenters. The Balaban J connectivity index is 0.00000441. The normalized spacial score (nSPS) is 10.2. The summed E-state index contributed by atoms with van der Waals surface area (Å²) in [7, 11) is 3.93. The van der Waals surface area contributed by atoms with Crippen LogP contribution < -0.4 is 21.9 Å². The molecule has 0 unspecified atom stereocenters. The molecule has 0 aliphatic heterocycles. The standard InChI is InChI=1S/C17H27NO3.ClH/c1-5-11-20-16-8-7-14(13-17(16)21-12-6-2)15(19)9-10-18(3)4;/h7-8,13H,5-6,9-12H2,1-4H3;1H/p-1. The molecule has 0 bridgehead atoms. The van der Waals surface area contributed by atoms with Gasteiger partial charge in [0.15, 0.2) is 17.3 Å². The van der Waals surface area contributed by atoms with Crippen molar-refractivity contribution in [2.75, 3.05) is 33.9 Å². The van der Waals surface area contributed by atoms with Crippen molar-refractivity contribution in [1.29, 1.82) is 0 Å². The molecular formula is C17H27ClNO3-. The second-order valence-electron chi connectivity index (χ2n) is 5.33. The van der Waals surface area contributed by atoms with Gasteiger partial charge in [-0.05, 0) is 45.1 Å². The molecule has 1 aromatic rings. The summed E-state index contributed by atoms with van der Waals surface area (Å²) in [6.45, 7) is 6.14. The highest BCUT2D eigenvalue weighted by molar-refractivity contribution is 5.96. The summed E-state index contributed by atoms with van der Waals surface area (Å²) in [5.74, 6) is 1.52. The number of benzene rings is 1. The molecule has 0 aromatic heterocycles. The van der Waals surface area contributed by atoms with Crippen molar-refractivity contribution in [1.82, 2.24) is 4.90 Å². The molecule has 1 aromatic carbocycles. The molecule has 0 spiro atoms. The van der Waals surface area contributed by atoms with E-state index in [1.807, 2.05) is 31.1 Å². The molecule has 126 valence electrons. The van der Waals surface area contributed by atoms with Gasteiger partial charge in [0, 0.05) is 18.5 Å². The van der Waals surface area contributed by atoms with E-state index in [1.54, 1.807) is 6.07 Å². The van der Waals surface area contributed by atoms with Crippen LogP contribution in [0.2, 0.25) is 0 Å². The van der Waals surface area contributed by atoms with Crippen LogP contribution in [-0.4, -0.2) is 44.5 Å². The lowest BCUT2D eigenvalue weighted by Crippen LogP contribution is -3.00. The molecule has 4 nitrogen and oxygen atoms in total. The largest absolute Gasteiger partial charge is 1.00 e. The Bertz CT molecular complexity index is 450. The second kappa shape index (κ2) is 11.3. The Morgan fingerprint density at radius 1 is 1.05 bits per heavy atom. The first-order valence-corrected chi connectivity index (χ1v) is 7.66. The summed E-state index contributed by atoms with van der Waals surface area (Å²) in [5, 5.41) is 0. The monoisotopic (exact) mass is 328 g/mol. The fourth-order valence-corrected chi connectivity index (χ4v) is 1.81. The minimum atomic E-state index is 0. The summed E-state index contributed by atoms with van der Waals surface area (Å²) >= 11 is 0. The van der Waals surface area contributed by atoms with Gasteiger partial charge in [-0.3, -0.25) is 4.79 Å². The first kappa shape index (κ1) is 20.7. The smallest absolute Gasteiger partial charge is 0.164 e. The van der Waals surface area contributed by atoms with Gasteiger partial charge >= 0.3 is 0 Å². The summed E-state index contributed by atoms with van der Waals surface area (Å²) in [4.78, 5) is 14.2. The van der Waals surface area contributed by atoms with Crippen LogP contribution in [0.4, 0.5) is 0 Å². The summed E-state index contributed by atoms with van der Waals surface area (Å²) in [5.41, 5.74) is 0.687. The lowest BCUT2D eigenvalue weighted by atomic mass is 10.1. The molecule has 0 radical (unpaired) electrons. The first-order valence-electron chi connectivity index (χ1n) is 7.66. The molecular weight excluding hydrogens is 302 g/mol.